The lowest BCUT2D eigenvalue weighted by Crippen LogP contribution is -2.33. The molecule has 0 spiro atoms. The second-order valence-corrected chi connectivity index (χ2v) is 5.15. The summed E-state index contributed by atoms with van der Waals surface area (Å²) in [5, 5.41) is 12.5. The third kappa shape index (κ3) is 3.70. The average Bonchev–Trinajstić information content (AvgIpc) is 2.87. The summed E-state index contributed by atoms with van der Waals surface area (Å²) in [4.78, 5) is 0. The third-order valence-electron chi connectivity index (χ3n) is 3.62. The Morgan fingerprint density at radius 3 is 2.40 bits per heavy atom. The predicted octanol–water partition coefficient (Wildman–Crippen LogP) is 3.41. The van der Waals surface area contributed by atoms with E-state index in [1.807, 2.05) is 0 Å². The van der Waals surface area contributed by atoms with Gasteiger partial charge in [-0.15, -0.1) is 0 Å². The van der Waals surface area contributed by atoms with Gasteiger partial charge < -0.3 is 10.4 Å². The molecule has 1 aromatic rings. The van der Waals surface area contributed by atoms with E-state index in [9.17, 15) is 22.7 Å². The van der Waals surface area contributed by atoms with E-state index in [2.05, 4.69) is 5.32 Å². The minimum absolute atomic E-state index is 0.131. The number of aliphatic hydroxyl groups excluding tert-OH is 1. The Kier molecular flexibility index (Phi) is 4.65. The number of benzene rings is 1. The summed E-state index contributed by atoms with van der Waals surface area (Å²) in [5.74, 6) is -0.943. The highest BCUT2D eigenvalue weighted by atomic mass is 19.4. The van der Waals surface area contributed by atoms with Gasteiger partial charge in [0.05, 0.1) is 18.2 Å². The molecule has 0 heterocycles. The smallest absolute Gasteiger partial charge is 0.394 e. The van der Waals surface area contributed by atoms with Crippen molar-refractivity contribution in [2.24, 2.45) is 0 Å². The zero-order chi connectivity index (χ0) is 14.8. The molecule has 1 saturated carbocycles. The first-order valence-electron chi connectivity index (χ1n) is 6.64. The van der Waals surface area contributed by atoms with Crippen LogP contribution in [-0.2, 0) is 6.18 Å². The Labute approximate surface area is 114 Å². The molecule has 0 radical (unpaired) electrons. The molecule has 1 aromatic carbocycles. The van der Waals surface area contributed by atoms with Gasteiger partial charge in [0.25, 0.3) is 0 Å². The maximum Gasteiger partial charge on any atom is 0.416 e. The average molecular weight is 291 g/mol. The molecule has 0 saturated heterocycles. The Balaban J connectivity index is 2.22. The van der Waals surface area contributed by atoms with Crippen molar-refractivity contribution in [3.8, 4) is 0 Å². The summed E-state index contributed by atoms with van der Waals surface area (Å²) < 4.78 is 51.4. The van der Waals surface area contributed by atoms with Crippen LogP contribution in [0.4, 0.5) is 17.6 Å². The van der Waals surface area contributed by atoms with Gasteiger partial charge in [0.2, 0.25) is 0 Å². The summed E-state index contributed by atoms with van der Waals surface area (Å²) in [6.45, 7) is -0.364. The van der Waals surface area contributed by atoms with E-state index < -0.39 is 23.6 Å². The second-order valence-electron chi connectivity index (χ2n) is 5.15. The predicted molar refractivity (Wildman–Crippen MR) is 66.6 cm³/mol. The first kappa shape index (κ1) is 15.3. The number of rotatable bonds is 4. The van der Waals surface area contributed by atoms with Crippen molar-refractivity contribution in [3.05, 3.63) is 35.1 Å². The Bertz CT molecular complexity index is 455. The molecule has 20 heavy (non-hydrogen) atoms. The highest BCUT2D eigenvalue weighted by molar-refractivity contribution is 5.29. The zero-order valence-electron chi connectivity index (χ0n) is 10.9. The third-order valence-corrected chi connectivity index (χ3v) is 3.62. The number of hydrogen-bond acceptors (Lipinski definition) is 2. The van der Waals surface area contributed by atoms with Crippen LogP contribution in [0.25, 0.3) is 0 Å². The monoisotopic (exact) mass is 291 g/mol. The second kappa shape index (κ2) is 6.10. The molecule has 1 atom stereocenters. The van der Waals surface area contributed by atoms with Gasteiger partial charge in [0.1, 0.15) is 5.82 Å². The molecule has 2 rings (SSSR count). The van der Waals surface area contributed by atoms with Crippen molar-refractivity contribution in [3.63, 3.8) is 0 Å². The summed E-state index contributed by atoms with van der Waals surface area (Å²) in [5.41, 5.74) is -0.897. The van der Waals surface area contributed by atoms with E-state index in [4.69, 9.17) is 0 Å². The fourth-order valence-corrected chi connectivity index (χ4v) is 2.61. The van der Waals surface area contributed by atoms with Gasteiger partial charge in [0.15, 0.2) is 0 Å². The van der Waals surface area contributed by atoms with Crippen LogP contribution < -0.4 is 5.32 Å². The van der Waals surface area contributed by atoms with Gasteiger partial charge in [-0.25, -0.2) is 4.39 Å². The highest BCUT2D eigenvalue weighted by Crippen LogP contribution is 2.32. The van der Waals surface area contributed by atoms with E-state index in [0.717, 1.165) is 37.8 Å². The molecule has 6 heteroatoms. The van der Waals surface area contributed by atoms with Gasteiger partial charge in [-0.05, 0) is 36.6 Å². The van der Waals surface area contributed by atoms with Crippen molar-refractivity contribution < 1.29 is 22.7 Å². The minimum Gasteiger partial charge on any atom is -0.394 e. The van der Waals surface area contributed by atoms with Crippen LogP contribution in [0.15, 0.2) is 18.2 Å². The molecule has 0 aliphatic heterocycles. The lowest BCUT2D eigenvalue weighted by molar-refractivity contribution is -0.137. The van der Waals surface area contributed by atoms with Crippen molar-refractivity contribution in [1.29, 1.82) is 0 Å². The fraction of sp³-hybridized carbons (Fsp3) is 0.571. The summed E-state index contributed by atoms with van der Waals surface area (Å²) in [7, 11) is 0. The fourth-order valence-electron chi connectivity index (χ4n) is 2.61. The molecular weight excluding hydrogens is 274 g/mol. The number of aliphatic hydroxyl groups is 1. The molecule has 0 amide bonds. The largest absolute Gasteiger partial charge is 0.416 e. The van der Waals surface area contributed by atoms with Crippen molar-refractivity contribution in [2.75, 3.05) is 6.61 Å². The van der Waals surface area contributed by atoms with E-state index >= 15 is 0 Å². The summed E-state index contributed by atoms with van der Waals surface area (Å²) in [6.07, 6.45) is -0.611. The van der Waals surface area contributed by atoms with E-state index in [1.165, 1.54) is 0 Å². The number of alkyl halides is 3. The maximum atomic E-state index is 13.4. The standard InChI is InChI=1S/C14H17F4NO/c15-11-6-9(5-10(7-11)14(16,17)18)13(8-20)19-12-3-1-2-4-12/h5-7,12-13,19-20H,1-4,8H2. The maximum absolute atomic E-state index is 13.4. The van der Waals surface area contributed by atoms with E-state index in [-0.39, 0.29) is 18.2 Å². The number of halogens is 4. The summed E-state index contributed by atoms with van der Waals surface area (Å²) in [6, 6.07) is 1.90. The molecule has 2 nitrogen and oxygen atoms in total. The first-order chi connectivity index (χ1) is 9.40. The van der Waals surface area contributed by atoms with Crippen LogP contribution in [0.1, 0.15) is 42.9 Å². The molecule has 0 bridgehead atoms. The zero-order valence-corrected chi connectivity index (χ0v) is 10.9. The molecule has 1 unspecified atom stereocenters. The van der Waals surface area contributed by atoms with Crippen molar-refractivity contribution in [1.82, 2.24) is 5.32 Å². The normalized spacial score (nSPS) is 18.4. The van der Waals surface area contributed by atoms with Gasteiger partial charge in [-0.3, -0.25) is 0 Å². The first-order valence-corrected chi connectivity index (χ1v) is 6.64. The molecule has 2 N–H and O–H groups in total. The van der Waals surface area contributed by atoms with Crippen molar-refractivity contribution in [2.45, 2.75) is 43.9 Å². The quantitative estimate of drug-likeness (QED) is 0.833. The lowest BCUT2D eigenvalue weighted by atomic mass is 10.0. The Hall–Kier alpha value is -1.14. The lowest BCUT2D eigenvalue weighted by Gasteiger charge is -2.22. The van der Waals surface area contributed by atoms with Gasteiger partial charge in [-0.1, -0.05) is 12.8 Å². The van der Waals surface area contributed by atoms with Gasteiger partial charge in [-0.2, -0.15) is 13.2 Å². The highest BCUT2D eigenvalue weighted by Gasteiger charge is 2.32. The van der Waals surface area contributed by atoms with Crippen molar-refractivity contribution >= 4 is 0 Å². The van der Waals surface area contributed by atoms with Crippen LogP contribution in [0.2, 0.25) is 0 Å². The van der Waals surface area contributed by atoms with Gasteiger partial charge in [0, 0.05) is 6.04 Å². The van der Waals surface area contributed by atoms with E-state index in [0.29, 0.717) is 6.07 Å². The summed E-state index contributed by atoms with van der Waals surface area (Å²) >= 11 is 0. The Morgan fingerprint density at radius 1 is 1.20 bits per heavy atom. The van der Waals surface area contributed by atoms with E-state index in [1.54, 1.807) is 0 Å². The van der Waals surface area contributed by atoms with Crippen LogP contribution in [-0.4, -0.2) is 17.8 Å². The van der Waals surface area contributed by atoms with Crippen LogP contribution in [0.5, 0.6) is 0 Å². The van der Waals surface area contributed by atoms with Crippen LogP contribution in [0.3, 0.4) is 0 Å². The minimum atomic E-state index is -4.59. The SMILES string of the molecule is OCC(NC1CCCC1)c1cc(F)cc(C(F)(F)F)c1. The Morgan fingerprint density at radius 2 is 1.85 bits per heavy atom. The number of nitrogens with one attached hydrogen (secondary N) is 1. The molecule has 0 aromatic heterocycles. The molecule has 112 valence electrons. The molecule has 1 fully saturated rings. The molecule has 1 aliphatic carbocycles. The molecular formula is C14H17F4NO. The van der Waals surface area contributed by atoms with Crippen LogP contribution in [0, 0.1) is 5.82 Å². The molecule has 1 aliphatic rings. The topological polar surface area (TPSA) is 32.3 Å². The number of hydrogen-bond donors (Lipinski definition) is 2. The van der Waals surface area contributed by atoms with Gasteiger partial charge >= 0.3 is 6.18 Å². The van der Waals surface area contributed by atoms with Crippen LogP contribution >= 0.6 is 0 Å².